The maximum absolute atomic E-state index is 11.1. The third-order valence-electron chi connectivity index (χ3n) is 1.37. The number of rotatable bonds is 5. The average molecular weight is 181 g/mol. The summed E-state index contributed by atoms with van der Waals surface area (Å²) in [5.74, 6) is -0.378. The first-order valence-corrected chi connectivity index (χ1v) is 3.96. The van der Waals surface area contributed by atoms with Crippen LogP contribution in [-0.4, -0.2) is 18.6 Å². The van der Waals surface area contributed by atoms with Gasteiger partial charge in [-0.15, -0.1) is 6.58 Å². The van der Waals surface area contributed by atoms with Crippen LogP contribution in [-0.2, 0) is 9.53 Å². The van der Waals surface area contributed by atoms with Crippen molar-refractivity contribution in [2.45, 2.75) is 13.0 Å². The second-order valence-corrected chi connectivity index (χ2v) is 2.55. The Labute approximate surface area is 78.6 Å². The summed E-state index contributed by atoms with van der Waals surface area (Å²) in [7, 11) is 0. The Hall–Kier alpha value is -1.35. The Bertz CT molecular complexity index is 231. The van der Waals surface area contributed by atoms with E-state index in [1.165, 1.54) is 6.08 Å². The van der Waals surface area contributed by atoms with Crippen molar-refractivity contribution in [2.75, 3.05) is 6.61 Å². The molecule has 0 aliphatic heterocycles. The van der Waals surface area contributed by atoms with Crippen LogP contribution in [0.1, 0.15) is 6.92 Å². The molecule has 1 unspecified atom stereocenters. The molecule has 0 aromatic rings. The Kier molecular flexibility index (Phi) is 5.55. The molecule has 0 amide bonds. The molecule has 0 bridgehead atoms. The maximum Gasteiger partial charge on any atom is 0.333 e. The molecule has 3 heteroatoms. The molecule has 0 aliphatic carbocycles. The van der Waals surface area contributed by atoms with Gasteiger partial charge in [-0.2, -0.15) is 0 Å². The summed E-state index contributed by atoms with van der Waals surface area (Å²) >= 11 is 0. The van der Waals surface area contributed by atoms with Crippen LogP contribution in [0.4, 0.5) is 0 Å². The largest absolute Gasteiger partial charge is 0.458 e. The maximum atomic E-state index is 11.1. The molecule has 0 aliphatic rings. The third kappa shape index (κ3) is 4.98. The van der Waals surface area contributed by atoms with Gasteiger partial charge < -0.3 is 10.5 Å². The Morgan fingerprint density at radius 2 is 2.23 bits per heavy atom. The van der Waals surface area contributed by atoms with E-state index in [1.807, 2.05) is 0 Å². The van der Waals surface area contributed by atoms with E-state index in [4.69, 9.17) is 10.5 Å². The lowest BCUT2D eigenvalue weighted by molar-refractivity contribution is -0.137. The number of hydrogen-bond donors (Lipinski definition) is 1. The molecule has 0 fully saturated rings. The van der Waals surface area contributed by atoms with Crippen molar-refractivity contribution in [3.63, 3.8) is 0 Å². The van der Waals surface area contributed by atoms with Crippen LogP contribution < -0.4 is 5.73 Å². The van der Waals surface area contributed by atoms with Crippen molar-refractivity contribution in [3.05, 3.63) is 37.0 Å². The molecule has 0 rings (SSSR count). The van der Waals surface area contributed by atoms with E-state index in [1.54, 1.807) is 19.1 Å². The highest BCUT2D eigenvalue weighted by molar-refractivity contribution is 5.87. The van der Waals surface area contributed by atoms with Crippen molar-refractivity contribution in [1.82, 2.24) is 0 Å². The van der Waals surface area contributed by atoms with E-state index >= 15 is 0 Å². The summed E-state index contributed by atoms with van der Waals surface area (Å²) in [5.41, 5.74) is 6.00. The minimum absolute atomic E-state index is 0.216. The lowest BCUT2D eigenvalue weighted by Crippen LogP contribution is -2.16. The van der Waals surface area contributed by atoms with Crippen molar-refractivity contribution in [3.8, 4) is 0 Å². The SMILES string of the molecule is C=CCOC(=O)C(C)=CC(N)C=C. The van der Waals surface area contributed by atoms with E-state index < -0.39 is 0 Å². The zero-order valence-electron chi connectivity index (χ0n) is 7.82. The quantitative estimate of drug-likeness (QED) is 0.393. The van der Waals surface area contributed by atoms with E-state index in [0.717, 1.165) is 0 Å². The second-order valence-electron chi connectivity index (χ2n) is 2.55. The molecule has 0 saturated heterocycles. The molecule has 1 atom stereocenters. The summed E-state index contributed by atoms with van der Waals surface area (Å²) in [6, 6.07) is -0.309. The highest BCUT2D eigenvalue weighted by Crippen LogP contribution is 1.98. The van der Waals surface area contributed by atoms with Gasteiger partial charge in [0.25, 0.3) is 0 Å². The van der Waals surface area contributed by atoms with Gasteiger partial charge in [0.2, 0.25) is 0 Å². The first-order valence-electron chi connectivity index (χ1n) is 3.96. The number of esters is 1. The summed E-state index contributed by atoms with van der Waals surface area (Å²) in [6.07, 6.45) is 4.65. The monoisotopic (exact) mass is 181 g/mol. The van der Waals surface area contributed by atoms with Crippen molar-refractivity contribution in [1.29, 1.82) is 0 Å². The summed E-state index contributed by atoms with van der Waals surface area (Å²) in [5, 5.41) is 0. The van der Waals surface area contributed by atoms with Crippen LogP contribution >= 0.6 is 0 Å². The zero-order valence-corrected chi connectivity index (χ0v) is 7.82. The fraction of sp³-hybridized carbons (Fsp3) is 0.300. The number of hydrogen-bond acceptors (Lipinski definition) is 3. The van der Waals surface area contributed by atoms with Gasteiger partial charge >= 0.3 is 5.97 Å². The average Bonchev–Trinajstić information content (AvgIpc) is 2.13. The third-order valence-corrected chi connectivity index (χ3v) is 1.37. The van der Waals surface area contributed by atoms with Gasteiger partial charge in [0.1, 0.15) is 6.61 Å². The first kappa shape index (κ1) is 11.6. The van der Waals surface area contributed by atoms with E-state index in [0.29, 0.717) is 5.57 Å². The smallest absolute Gasteiger partial charge is 0.333 e. The highest BCUT2D eigenvalue weighted by Gasteiger charge is 2.04. The van der Waals surface area contributed by atoms with Gasteiger partial charge in [-0.25, -0.2) is 4.79 Å². The van der Waals surface area contributed by atoms with Crippen LogP contribution in [0.2, 0.25) is 0 Å². The fourth-order valence-electron chi connectivity index (χ4n) is 0.673. The molecule has 3 nitrogen and oxygen atoms in total. The number of ether oxygens (including phenoxy) is 1. The Morgan fingerprint density at radius 1 is 1.62 bits per heavy atom. The molecule has 13 heavy (non-hydrogen) atoms. The van der Waals surface area contributed by atoms with E-state index in [9.17, 15) is 4.79 Å². The summed E-state index contributed by atoms with van der Waals surface area (Å²) in [6.45, 7) is 8.79. The van der Waals surface area contributed by atoms with E-state index in [2.05, 4.69) is 13.2 Å². The molecular formula is C10H15NO2. The van der Waals surface area contributed by atoms with Gasteiger partial charge in [-0.1, -0.05) is 24.8 Å². The van der Waals surface area contributed by atoms with Crippen LogP contribution in [0.15, 0.2) is 37.0 Å². The minimum atomic E-state index is -0.378. The predicted molar refractivity (Wildman–Crippen MR) is 53.1 cm³/mol. The fourth-order valence-corrected chi connectivity index (χ4v) is 0.673. The normalized spacial score (nSPS) is 13.2. The van der Waals surface area contributed by atoms with Crippen molar-refractivity contribution in [2.24, 2.45) is 5.73 Å². The van der Waals surface area contributed by atoms with Crippen LogP contribution in [0, 0.1) is 0 Å². The Balaban J connectivity index is 4.15. The number of carbonyl (C=O) groups excluding carboxylic acids is 1. The lowest BCUT2D eigenvalue weighted by Gasteiger charge is -2.03. The number of nitrogens with two attached hydrogens (primary N) is 1. The molecule has 0 aromatic carbocycles. The molecule has 0 saturated carbocycles. The second kappa shape index (κ2) is 6.20. The van der Waals surface area contributed by atoms with Crippen molar-refractivity contribution >= 4 is 5.97 Å². The van der Waals surface area contributed by atoms with Crippen LogP contribution in [0.5, 0.6) is 0 Å². The summed E-state index contributed by atoms with van der Waals surface area (Å²) in [4.78, 5) is 11.1. The molecule has 0 spiro atoms. The first-order chi connectivity index (χ1) is 6.11. The molecule has 72 valence electrons. The standard InChI is InChI=1S/C10H15NO2/c1-4-6-13-10(12)8(3)7-9(11)5-2/h4-5,7,9H,1-2,6,11H2,3H3. The molecular weight excluding hydrogens is 166 g/mol. The van der Waals surface area contributed by atoms with Crippen LogP contribution in [0.3, 0.4) is 0 Å². The van der Waals surface area contributed by atoms with Crippen molar-refractivity contribution < 1.29 is 9.53 Å². The van der Waals surface area contributed by atoms with Gasteiger partial charge in [-0.3, -0.25) is 0 Å². The van der Waals surface area contributed by atoms with E-state index in [-0.39, 0.29) is 18.6 Å². The lowest BCUT2D eigenvalue weighted by atomic mass is 10.2. The molecule has 2 N–H and O–H groups in total. The number of carbonyl (C=O) groups is 1. The minimum Gasteiger partial charge on any atom is -0.458 e. The topological polar surface area (TPSA) is 52.3 Å². The molecule has 0 aromatic heterocycles. The summed E-state index contributed by atoms with van der Waals surface area (Å²) < 4.78 is 4.78. The van der Waals surface area contributed by atoms with Gasteiger partial charge in [0.05, 0.1) is 0 Å². The molecule has 0 heterocycles. The molecule has 0 radical (unpaired) electrons. The van der Waals surface area contributed by atoms with Gasteiger partial charge in [0.15, 0.2) is 0 Å². The van der Waals surface area contributed by atoms with Gasteiger partial charge in [-0.05, 0) is 6.92 Å². The van der Waals surface area contributed by atoms with Gasteiger partial charge in [0, 0.05) is 11.6 Å². The zero-order chi connectivity index (χ0) is 10.3. The Morgan fingerprint density at radius 3 is 2.69 bits per heavy atom. The van der Waals surface area contributed by atoms with Crippen LogP contribution in [0.25, 0.3) is 0 Å². The predicted octanol–water partition coefficient (Wildman–Crippen LogP) is 1.18. The highest BCUT2D eigenvalue weighted by atomic mass is 16.5.